The van der Waals surface area contributed by atoms with E-state index in [0.717, 1.165) is 10.9 Å². The normalized spacial score (nSPS) is 13.2. The van der Waals surface area contributed by atoms with Crippen LogP contribution in [-0.2, 0) is 15.7 Å². The van der Waals surface area contributed by atoms with Crippen molar-refractivity contribution in [2.24, 2.45) is 0 Å². The van der Waals surface area contributed by atoms with Crippen molar-refractivity contribution in [2.45, 2.75) is 11.6 Å². The van der Waals surface area contributed by atoms with E-state index in [4.69, 9.17) is 19.6 Å². The van der Waals surface area contributed by atoms with Gasteiger partial charge in [-0.1, -0.05) is 0 Å². The minimum Gasteiger partial charge on any atom is -0.366 e. The van der Waals surface area contributed by atoms with Crippen LogP contribution in [0.5, 0.6) is 0 Å². The van der Waals surface area contributed by atoms with Crippen LogP contribution in [0.3, 0.4) is 0 Å². The second-order valence-corrected chi connectivity index (χ2v) is 7.11. The van der Waals surface area contributed by atoms with Crippen molar-refractivity contribution in [3.63, 3.8) is 0 Å². The van der Waals surface area contributed by atoms with Crippen LogP contribution in [0.4, 0.5) is 0 Å². The van der Waals surface area contributed by atoms with Crippen molar-refractivity contribution < 1.29 is 74.2 Å². The summed E-state index contributed by atoms with van der Waals surface area (Å²) in [5.74, 6) is 0. The third-order valence-corrected chi connectivity index (χ3v) is 5.60. The molecule has 0 spiro atoms. The first-order valence-corrected chi connectivity index (χ1v) is 7.10. The number of hydrogen-bond acceptors (Lipinski definition) is 4. The smallest absolute Gasteiger partial charge is 0.366 e. The molecule has 0 amide bonds. The molecule has 0 radical (unpaired) electrons. The predicted molar refractivity (Wildman–Crippen MR) is 51.3 cm³/mol. The molecule has 9 nitrogen and oxygen atoms in total. The van der Waals surface area contributed by atoms with Crippen LogP contribution in [0.15, 0.2) is 18.7 Å². The molecule has 0 saturated heterocycles. The van der Waals surface area contributed by atoms with Crippen LogP contribution in [0.1, 0.15) is 0 Å². The fourth-order valence-corrected chi connectivity index (χ4v) is 3.03. The van der Waals surface area contributed by atoms with Crippen molar-refractivity contribution in [1.82, 2.24) is 9.55 Å². The zero-order valence-corrected chi connectivity index (χ0v) is 12.6. The van der Waals surface area contributed by atoms with Crippen molar-refractivity contribution in [3.8, 4) is 0 Å². The number of nitrogens with zero attached hydrogens (tertiary/aromatic N) is 2. The van der Waals surface area contributed by atoms with E-state index in [1.807, 2.05) is 0 Å². The monoisotopic (exact) mass is 425 g/mol. The molecule has 17 heavy (non-hydrogen) atoms. The Kier molecular flexibility index (Phi) is 6.12. The molecule has 5 N–H and O–H groups in total. The largest absolute Gasteiger partial charge is 0.371 e. The molecule has 0 aliphatic carbocycles. The van der Waals surface area contributed by atoms with Gasteiger partial charge < -0.3 is 29.2 Å². The minimum atomic E-state index is -5.41. The van der Waals surface area contributed by atoms with Gasteiger partial charge in [0, 0.05) is 52.8 Å². The molecule has 0 aromatic carbocycles. The molecule has 0 bridgehead atoms. The Hall–Kier alpha value is 0.808. The standard InChI is InChI=1S/C5H10N2O7P2.Sm/c8-5(15(9,10)11,16(12,13)14)3-7-2-1-6-4-7;/h1-2,4,8H,3H2,(H2,9,10,11)(H2,12,13,14);/i;1+3. The molecule has 1 aromatic rings. The summed E-state index contributed by atoms with van der Waals surface area (Å²) in [6, 6.07) is 0. The molecular weight excluding hydrogens is 415 g/mol. The zero-order chi connectivity index (χ0) is 12.6. The van der Waals surface area contributed by atoms with Gasteiger partial charge in [0.05, 0.1) is 12.9 Å². The van der Waals surface area contributed by atoms with Crippen LogP contribution in [0.2, 0.25) is 0 Å². The average Bonchev–Trinajstić information content (AvgIpc) is 2.52. The molecule has 0 aliphatic rings. The van der Waals surface area contributed by atoms with Gasteiger partial charge in [-0.3, -0.25) is 9.13 Å². The predicted octanol–water partition coefficient (Wildman–Crippen LogP) is -1.12. The zero-order valence-electron chi connectivity index (χ0n) is 8.19. The molecule has 0 fully saturated rings. The van der Waals surface area contributed by atoms with Gasteiger partial charge >= 0.3 is 15.2 Å². The Morgan fingerprint density at radius 2 is 1.65 bits per heavy atom. The van der Waals surface area contributed by atoms with Crippen molar-refractivity contribution in [3.05, 3.63) is 18.7 Å². The quantitative estimate of drug-likeness (QED) is 0.381. The molecule has 1 aromatic heterocycles. The fourth-order valence-electron chi connectivity index (χ4n) is 0.979. The topological polar surface area (TPSA) is 153 Å². The second kappa shape index (κ2) is 5.84. The Bertz CT molecular complexity index is 429. The first-order chi connectivity index (χ1) is 7.08. The Morgan fingerprint density at radius 1 is 1.18 bits per heavy atom. The molecule has 0 atom stereocenters. The second-order valence-electron chi connectivity index (χ2n) is 3.10. The Morgan fingerprint density at radius 3 is 1.94 bits per heavy atom. The van der Waals surface area contributed by atoms with Gasteiger partial charge in [-0.2, -0.15) is 0 Å². The van der Waals surface area contributed by atoms with E-state index in [-0.39, 0.29) is 40.4 Å². The van der Waals surface area contributed by atoms with Crippen molar-refractivity contribution >= 4 is 15.2 Å². The first-order valence-electron chi connectivity index (χ1n) is 3.87. The SMILES string of the molecule is O=P(O)(O)C(O)(Cn1ccnc1)P(=O)(O)O.[153Sm]. The van der Waals surface area contributed by atoms with Gasteiger partial charge in [0.2, 0.25) is 0 Å². The number of rotatable bonds is 4. The van der Waals surface area contributed by atoms with Gasteiger partial charge in [-0.05, 0) is 0 Å². The average molecular weight is 425 g/mol. The van der Waals surface area contributed by atoms with Crippen LogP contribution in [-0.4, -0.2) is 39.3 Å². The summed E-state index contributed by atoms with van der Waals surface area (Å²) >= 11 is 0. The van der Waals surface area contributed by atoms with Crippen LogP contribution < -0.4 is 0 Å². The molecular formula is C5H10N2O7P2Sm. The van der Waals surface area contributed by atoms with Gasteiger partial charge in [-0.15, -0.1) is 0 Å². The van der Waals surface area contributed by atoms with Crippen LogP contribution in [0.25, 0.3) is 0 Å². The van der Waals surface area contributed by atoms with E-state index in [9.17, 15) is 14.2 Å². The Labute approximate surface area is 128 Å². The number of imidazole rings is 1. The summed E-state index contributed by atoms with van der Waals surface area (Å²) in [5, 5.41) is 6.04. The van der Waals surface area contributed by atoms with E-state index in [0.29, 0.717) is 0 Å². The number of hydrogen-bond donors (Lipinski definition) is 5. The van der Waals surface area contributed by atoms with Crippen LogP contribution >= 0.6 is 15.2 Å². The summed E-state index contributed by atoms with van der Waals surface area (Å²) in [5.41, 5.74) is 0. The third kappa shape index (κ3) is 3.88. The molecule has 0 saturated carbocycles. The maximum atomic E-state index is 10.9. The van der Waals surface area contributed by atoms with E-state index in [1.54, 1.807) is 0 Å². The molecule has 12 heteroatoms. The van der Waals surface area contributed by atoms with E-state index >= 15 is 0 Å². The van der Waals surface area contributed by atoms with E-state index < -0.39 is 26.8 Å². The molecule has 1 heterocycles. The summed E-state index contributed by atoms with van der Waals surface area (Å²) in [7, 11) is -10.8. The number of aliphatic hydroxyl groups is 1. The molecule has 0 unspecified atom stereocenters. The van der Waals surface area contributed by atoms with Gasteiger partial charge in [0.15, 0.2) is 0 Å². The molecule has 98 valence electrons. The fraction of sp³-hybridized carbons (Fsp3) is 0.400. The van der Waals surface area contributed by atoms with E-state index in [1.165, 1.54) is 12.4 Å². The summed E-state index contributed by atoms with van der Waals surface area (Å²) in [6.07, 6.45) is 3.51. The first kappa shape index (κ1) is 17.8. The summed E-state index contributed by atoms with van der Waals surface area (Å²) < 4.78 is 22.8. The van der Waals surface area contributed by atoms with Gasteiger partial charge in [0.1, 0.15) is 0 Å². The Balaban J connectivity index is 0.00000256. The maximum absolute atomic E-state index is 10.9. The number of aromatic nitrogens is 2. The third-order valence-electron chi connectivity index (χ3n) is 1.89. The maximum Gasteiger partial charge on any atom is 0.371 e. The van der Waals surface area contributed by atoms with Gasteiger partial charge in [0.25, 0.3) is 5.08 Å². The molecule has 1 rings (SSSR count). The van der Waals surface area contributed by atoms with Crippen LogP contribution in [0, 0.1) is 40.4 Å². The van der Waals surface area contributed by atoms with Gasteiger partial charge in [-0.25, -0.2) is 4.98 Å². The summed E-state index contributed by atoms with van der Waals surface area (Å²) in [4.78, 5) is 38.7. The minimum absolute atomic E-state index is 0. The summed E-state index contributed by atoms with van der Waals surface area (Å²) in [6.45, 7) is -0.957. The van der Waals surface area contributed by atoms with Crippen molar-refractivity contribution in [1.29, 1.82) is 0 Å². The van der Waals surface area contributed by atoms with E-state index in [2.05, 4.69) is 4.98 Å². The molecule has 0 aliphatic heterocycles. The van der Waals surface area contributed by atoms with Crippen molar-refractivity contribution in [2.75, 3.05) is 0 Å².